The second kappa shape index (κ2) is 4.71. The molecule has 2 aromatic rings. The predicted molar refractivity (Wildman–Crippen MR) is 74.1 cm³/mol. The zero-order chi connectivity index (χ0) is 13.4. The number of hydrogen-bond donors (Lipinski definition) is 1. The molecule has 0 aliphatic carbocycles. The fraction of sp³-hybridized carbons (Fsp3) is 0.250. The quantitative estimate of drug-likeness (QED) is 0.918. The number of nitrogens with zero attached hydrogens (tertiary/aromatic N) is 3. The first-order valence-electron chi connectivity index (χ1n) is 5.32. The van der Waals surface area contributed by atoms with Crippen molar-refractivity contribution in [3.05, 3.63) is 33.9 Å². The Hall–Kier alpha value is -1.39. The first kappa shape index (κ1) is 13.1. The highest BCUT2D eigenvalue weighted by Crippen LogP contribution is 2.37. The van der Waals surface area contributed by atoms with Crippen LogP contribution in [0.1, 0.15) is 5.69 Å². The topological polar surface area (TPSA) is 41.3 Å². The summed E-state index contributed by atoms with van der Waals surface area (Å²) in [7, 11) is 3.70. The Morgan fingerprint density at radius 1 is 1.22 bits per heavy atom. The number of aromatic hydroxyl groups is 1. The molecular weight excluding hydrogens is 273 g/mol. The third-order valence-electron chi connectivity index (χ3n) is 2.70. The van der Waals surface area contributed by atoms with Gasteiger partial charge in [0, 0.05) is 26.2 Å². The SMILES string of the molecule is Cc1cc(N(C)c2cc(O)c(Cl)cc2Cl)n(C)n1. The molecule has 96 valence electrons. The first-order chi connectivity index (χ1) is 8.40. The average molecular weight is 286 g/mol. The van der Waals surface area contributed by atoms with E-state index in [1.54, 1.807) is 4.68 Å². The van der Waals surface area contributed by atoms with Crippen molar-refractivity contribution >= 4 is 34.7 Å². The van der Waals surface area contributed by atoms with E-state index in [-0.39, 0.29) is 10.8 Å². The molecule has 4 nitrogen and oxygen atoms in total. The molecule has 0 spiro atoms. The summed E-state index contributed by atoms with van der Waals surface area (Å²) in [6.45, 7) is 1.91. The second-order valence-corrected chi connectivity index (χ2v) is 4.90. The van der Waals surface area contributed by atoms with Crippen molar-refractivity contribution in [2.24, 2.45) is 7.05 Å². The van der Waals surface area contributed by atoms with Gasteiger partial charge in [-0.1, -0.05) is 23.2 Å². The van der Waals surface area contributed by atoms with E-state index in [1.165, 1.54) is 12.1 Å². The Bertz CT molecular complexity index is 595. The van der Waals surface area contributed by atoms with Gasteiger partial charge in [0.05, 0.1) is 21.4 Å². The number of benzene rings is 1. The van der Waals surface area contributed by atoms with Crippen LogP contribution >= 0.6 is 23.2 Å². The standard InChI is InChI=1S/C12H13Cl2N3O/c1-7-4-12(17(3)15-7)16(2)10-6-11(18)9(14)5-8(10)13/h4-6,18H,1-3H3. The van der Waals surface area contributed by atoms with E-state index in [2.05, 4.69) is 5.10 Å². The number of anilines is 2. The van der Waals surface area contributed by atoms with Gasteiger partial charge < -0.3 is 10.0 Å². The van der Waals surface area contributed by atoms with Gasteiger partial charge in [0.25, 0.3) is 0 Å². The fourth-order valence-electron chi connectivity index (χ4n) is 1.82. The van der Waals surface area contributed by atoms with E-state index in [0.29, 0.717) is 10.7 Å². The minimum atomic E-state index is 0.00167. The molecule has 0 bridgehead atoms. The second-order valence-electron chi connectivity index (χ2n) is 4.08. The lowest BCUT2D eigenvalue weighted by Crippen LogP contribution is -2.14. The molecule has 1 N–H and O–H groups in total. The van der Waals surface area contributed by atoms with Crippen molar-refractivity contribution < 1.29 is 5.11 Å². The molecule has 0 atom stereocenters. The van der Waals surface area contributed by atoms with Gasteiger partial charge in [-0.15, -0.1) is 0 Å². The average Bonchev–Trinajstić information content (AvgIpc) is 2.62. The van der Waals surface area contributed by atoms with Crippen molar-refractivity contribution in [3.8, 4) is 5.75 Å². The zero-order valence-electron chi connectivity index (χ0n) is 10.3. The van der Waals surface area contributed by atoms with Crippen molar-refractivity contribution in [2.45, 2.75) is 6.92 Å². The third-order valence-corrected chi connectivity index (χ3v) is 3.30. The molecule has 0 radical (unpaired) electrons. The summed E-state index contributed by atoms with van der Waals surface area (Å²) in [6.07, 6.45) is 0. The largest absolute Gasteiger partial charge is 0.506 e. The number of phenolic OH excluding ortho intramolecular Hbond substituents is 1. The van der Waals surface area contributed by atoms with Gasteiger partial charge in [-0.3, -0.25) is 4.68 Å². The molecule has 0 aliphatic heterocycles. The maximum atomic E-state index is 9.66. The first-order valence-corrected chi connectivity index (χ1v) is 6.08. The van der Waals surface area contributed by atoms with Gasteiger partial charge >= 0.3 is 0 Å². The summed E-state index contributed by atoms with van der Waals surface area (Å²) >= 11 is 11.9. The monoisotopic (exact) mass is 285 g/mol. The van der Waals surface area contributed by atoms with Crippen LogP contribution < -0.4 is 4.90 Å². The molecule has 0 aliphatic rings. The van der Waals surface area contributed by atoms with Crippen LogP contribution in [0.5, 0.6) is 5.75 Å². The molecule has 1 aromatic carbocycles. The van der Waals surface area contributed by atoms with Crippen molar-refractivity contribution in [1.82, 2.24) is 9.78 Å². The van der Waals surface area contributed by atoms with Crippen molar-refractivity contribution in [2.75, 3.05) is 11.9 Å². The van der Waals surface area contributed by atoms with Gasteiger partial charge in [0.2, 0.25) is 0 Å². The predicted octanol–water partition coefficient (Wildman–Crippen LogP) is 3.51. The van der Waals surface area contributed by atoms with E-state index < -0.39 is 0 Å². The number of hydrogen-bond acceptors (Lipinski definition) is 3. The number of aryl methyl sites for hydroxylation is 2. The highest BCUT2D eigenvalue weighted by atomic mass is 35.5. The number of aromatic nitrogens is 2. The van der Waals surface area contributed by atoms with Crippen LogP contribution in [0, 0.1) is 6.92 Å². The molecular formula is C12H13Cl2N3O. The van der Waals surface area contributed by atoms with Crippen LogP contribution in [0.15, 0.2) is 18.2 Å². The summed E-state index contributed by atoms with van der Waals surface area (Å²) in [5, 5.41) is 14.6. The molecule has 18 heavy (non-hydrogen) atoms. The van der Waals surface area contributed by atoms with Crippen LogP contribution in [0.4, 0.5) is 11.5 Å². The summed E-state index contributed by atoms with van der Waals surface area (Å²) in [4.78, 5) is 1.85. The van der Waals surface area contributed by atoms with Crippen LogP contribution in [0.2, 0.25) is 10.0 Å². The Morgan fingerprint density at radius 2 is 1.89 bits per heavy atom. The normalized spacial score (nSPS) is 10.7. The summed E-state index contributed by atoms with van der Waals surface area (Å²) in [5.41, 5.74) is 1.58. The van der Waals surface area contributed by atoms with Gasteiger partial charge in [-0.2, -0.15) is 5.10 Å². The lowest BCUT2D eigenvalue weighted by atomic mass is 10.2. The number of phenols is 1. The highest BCUT2D eigenvalue weighted by molar-refractivity contribution is 6.37. The zero-order valence-corrected chi connectivity index (χ0v) is 11.8. The van der Waals surface area contributed by atoms with Crippen LogP contribution in [0.3, 0.4) is 0 Å². The van der Waals surface area contributed by atoms with Crippen LogP contribution in [-0.2, 0) is 7.05 Å². The lowest BCUT2D eigenvalue weighted by Gasteiger charge is -2.20. The minimum absolute atomic E-state index is 0.00167. The highest BCUT2D eigenvalue weighted by Gasteiger charge is 2.15. The van der Waals surface area contributed by atoms with Crippen LogP contribution in [-0.4, -0.2) is 21.9 Å². The van der Waals surface area contributed by atoms with E-state index in [4.69, 9.17) is 23.2 Å². The van der Waals surface area contributed by atoms with E-state index >= 15 is 0 Å². The van der Waals surface area contributed by atoms with E-state index in [1.807, 2.05) is 32.0 Å². The molecule has 0 amide bonds. The van der Waals surface area contributed by atoms with E-state index in [0.717, 1.165) is 11.5 Å². The van der Waals surface area contributed by atoms with Gasteiger partial charge in [-0.05, 0) is 13.0 Å². The van der Waals surface area contributed by atoms with Gasteiger partial charge in [-0.25, -0.2) is 0 Å². The molecule has 2 rings (SSSR count). The molecule has 0 saturated heterocycles. The fourth-order valence-corrected chi connectivity index (χ4v) is 2.33. The number of halogens is 2. The maximum absolute atomic E-state index is 9.66. The van der Waals surface area contributed by atoms with Gasteiger partial charge in [0.1, 0.15) is 11.6 Å². The maximum Gasteiger partial charge on any atom is 0.136 e. The molecule has 0 saturated carbocycles. The van der Waals surface area contributed by atoms with Gasteiger partial charge in [0.15, 0.2) is 0 Å². The Morgan fingerprint density at radius 3 is 2.44 bits per heavy atom. The molecule has 1 aromatic heterocycles. The Balaban J connectivity index is 2.49. The molecule has 6 heteroatoms. The third kappa shape index (κ3) is 2.26. The Labute approximate surface area is 115 Å². The van der Waals surface area contributed by atoms with E-state index in [9.17, 15) is 5.11 Å². The van der Waals surface area contributed by atoms with Crippen molar-refractivity contribution in [1.29, 1.82) is 0 Å². The lowest BCUT2D eigenvalue weighted by molar-refractivity contribution is 0.475. The summed E-state index contributed by atoms with van der Waals surface area (Å²) in [6, 6.07) is 4.99. The molecule has 1 heterocycles. The molecule has 0 fully saturated rings. The minimum Gasteiger partial charge on any atom is -0.506 e. The smallest absolute Gasteiger partial charge is 0.136 e. The summed E-state index contributed by atoms with van der Waals surface area (Å²) in [5.74, 6) is 0.873. The Kier molecular flexibility index (Phi) is 3.41. The van der Waals surface area contributed by atoms with Crippen LogP contribution in [0.25, 0.3) is 0 Å². The van der Waals surface area contributed by atoms with Crippen molar-refractivity contribution in [3.63, 3.8) is 0 Å². The molecule has 0 unspecified atom stereocenters. The summed E-state index contributed by atoms with van der Waals surface area (Å²) < 4.78 is 1.75. The number of rotatable bonds is 2.